The van der Waals surface area contributed by atoms with Crippen LogP contribution in [-0.4, -0.2) is 42.8 Å². The van der Waals surface area contributed by atoms with Crippen LogP contribution in [0.4, 0.5) is 4.79 Å². The largest absolute Gasteiger partial charge is 0.469 e. The molecule has 2 atom stereocenters. The topological polar surface area (TPSA) is 55.8 Å². The third kappa shape index (κ3) is 3.70. The number of amides is 1. The van der Waals surface area contributed by atoms with Crippen LogP contribution >= 0.6 is 0 Å². The second-order valence-electron chi connectivity index (χ2n) is 7.01. The summed E-state index contributed by atoms with van der Waals surface area (Å²) in [6.07, 6.45) is 4.24. The van der Waals surface area contributed by atoms with Gasteiger partial charge in [0.1, 0.15) is 5.60 Å². The van der Waals surface area contributed by atoms with Crippen LogP contribution in [0.3, 0.4) is 0 Å². The van der Waals surface area contributed by atoms with Crippen LogP contribution in [0.15, 0.2) is 23.3 Å². The summed E-state index contributed by atoms with van der Waals surface area (Å²) in [5, 5.41) is 0. The van der Waals surface area contributed by atoms with Gasteiger partial charge in [0, 0.05) is 13.1 Å². The van der Waals surface area contributed by atoms with Crippen LogP contribution in [0.1, 0.15) is 34.1 Å². The molecule has 0 fully saturated rings. The molecule has 22 heavy (non-hydrogen) atoms. The molecule has 0 saturated carbocycles. The maximum atomic E-state index is 12.3. The third-order valence-electron chi connectivity index (χ3n) is 3.95. The first-order valence-corrected chi connectivity index (χ1v) is 7.67. The summed E-state index contributed by atoms with van der Waals surface area (Å²) >= 11 is 0. The molecule has 1 heterocycles. The van der Waals surface area contributed by atoms with E-state index in [-0.39, 0.29) is 23.9 Å². The molecule has 1 aliphatic heterocycles. The molecule has 0 N–H and O–H groups in total. The number of allylic oxidation sites excluding steroid dienone is 1. The zero-order valence-electron chi connectivity index (χ0n) is 14.0. The van der Waals surface area contributed by atoms with Crippen molar-refractivity contribution in [1.82, 2.24) is 4.90 Å². The van der Waals surface area contributed by atoms with Crippen molar-refractivity contribution in [3.8, 4) is 0 Å². The van der Waals surface area contributed by atoms with Crippen LogP contribution in [0.5, 0.6) is 0 Å². The van der Waals surface area contributed by atoms with Gasteiger partial charge in [-0.3, -0.25) is 4.79 Å². The van der Waals surface area contributed by atoms with E-state index in [1.807, 2.05) is 32.9 Å². The Labute approximate surface area is 131 Å². The second kappa shape index (κ2) is 6.15. The van der Waals surface area contributed by atoms with Gasteiger partial charge in [0.25, 0.3) is 0 Å². The van der Waals surface area contributed by atoms with E-state index in [1.165, 1.54) is 12.7 Å². The number of rotatable bonds is 1. The van der Waals surface area contributed by atoms with Crippen LogP contribution in [-0.2, 0) is 14.3 Å². The van der Waals surface area contributed by atoms with Gasteiger partial charge < -0.3 is 14.4 Å². The molecule has 0 bridgehead atoms. The van der Waals surface area contributed by atoms with Crippen molar-refractivity contribution in [2.75, 3.05) is 20.2 Å². The minimum absolute atomic E-state index is 0.232. The minimum atomic E-state index is -0.504. The number of hydrogen-bond acceptors (Lipinski definition) is 4. The molecular weight excluding hydrogens is 282 g/mol. The molecule has 0 aromatic rings. The molecule has 1 amide bonds. The van der Waals surface area contributed by atoms with Crippen molar-refractivity contribution >= 4 is 12.1 Å². The predicted molar refractivity (Wildman–Crippen MR) is 83.3 cm³/mol. The van der Waals surface area contributed by atoms with Gasteiger partial charge in [-0.25, -0.2) is 4.79 Å². The van der Waals surface area contributed by atoms with Gasteiger partial charge in [0.05, 0.1) is 13.0 Å². The summed E-state index contributed by atoms with van der Waals surface area (Å²) < 4.78 is 10.3. The molecule has 0 saturated heterocycles. The maximum absolute atomic E-state index is 12.3. The predicted octanol–water partition coefficient (Wildman–Crippen LogP) is 2.92. The summed E-state index contributed by atoms with van der Waals surface area (Å²) in [5.41, 5.74) is 1.86. The molecule has 0 spiro atoms. The third-order valence-corrected chi connectivity index (χ3v) is 3.95. The van der Waals surface area contributed by atoms with E-state index in [1.54, 1.807) is 4.90 Å². The number of nitrogens with zero attached hydrogens (tertiary/aromatic N) is 1. The van der Waals surface area contributed by atoms with Crippen molar-refractivity contribution in [1.29, 1.82) is 0 Å². The van der Waals surface area contributed by atoms with E-state index >= 15 is 0 Å². The number of ether oxygens (including phenoxy) is 2. The summed E-state index contributed by atoms with van der Waals surface area (Å²) in [6.45, 7) is 8.83. The summed E-state index contributed by atoms with van der Waals surface area (Å²) in [7, 11) is 1.40. The SMILES string of the molecule is COC(=O)[C@H]1C=CC2=C(C1)CN(C(=O)OC(C)(C)C)CC2C. The molecular formula is C17H25NO4. The Morgan fingerprint density at radius 1 is 1.32 bits per heavy atom. The fourth-order valence-corrected chi connectivity index (χ4v) is 2.96. The molecule has 122 valence electrons. The van der Waals surface area contributed by atoms with E-state index in [9.17, 15) is 9.59 Å². The van der Waals surface area contributed by atoms with Gasteiger partial charge in [-0.2, -0.15) is 0 Å². The number of esters is 1. The van der Waals surface area contributed by atoms with E-state index in [0.29, 0.717) is 19.5 Å². The first kappa shape index (κ1) is 16.6. The van der Waals surface area contributed by atoms with Gasteiger partial charge in [0.2, 0.25) is 0 Å². The molecule has 0 aromatic carbocycles. The molecule has 2 rings (SSSR count). The monoisotopic (exact) mass is 307 g/mol. The van der Waals surface area contributed by atoms with Gasteiger partial charge in [0.15, 0.2) is 0 Å². The minimum Gasteiger partial charge on any atom is -0.469 e. The van der Waals surface area contributed by atoms with Crippen LogP contribution in [0.2, 0.25) is 0 Å². The van der Waals surface area contributed by atoms with Crippen molar-refractivity contribution in [2.24, 2.45) is 11.8 Å². The highest BCUT2D eigenvalue weighted by molar-refractivity contribution is 5.76. The number of carbonyl (C=O) groups excluding carboxylic acids is 2. The Bertz CT molecular complexity index is 527. The Kier molecular flexibility index (Phi) is 4.63. The fraction of sp³-hybridized carbons (Fsp3) is 0.647. The van der Waals surface area contributed by atoms with Crippen molar-refractivity contribution in [3.05, 3.63) is 23.3 Å². The number of carbonyl (C=O) groups is 2. The van der Waals surface area contributed by atoms with Crippen LogP contribution in [0, 0.1) is 11.8 Å². The van der Waals surface area contributed by atoms with Crippen LogP contribution in [0.25, 0.3) is 0 Å². The first-order valence-electron chi connectivity index (χ1n) is 7.67. The molecule has 0 radical (unpaired) electrons. The Balaban J connectivity index is 2.11. The maximum Gasteiger partial charge on any atom is 0.410 e. The highest BCUT2D eigenvalue weighted by Crippen LogP contribution is 2.33. The Morgan fingerprint density at radius 3 is 2.59 bits per heavy atom. The molecule has 1 aliphatic carbocycles. The van der Waals surface area contributed by atoms with Crippen LogP contribution < -0.4 is 0 Å². The second-order valence-corrected chi connectivity index (χ2v) is 7.01. The van der Waals surface area contributed by atoms with Gasteiger partial charge in [-0.1, -0.05) is 19.1 Å². The summed E-state index contributed by atoms with van der Waals surface area (Å²) in [4.78, 5) is 25.7. The van der Waals surface area contributed by atoms with Gasteiger partial charge in [-0.15, -0.1) is 0 Å². The number of methoxy groups -OCH3 is 1. The van der Waals surface area contributed by atoms with Crippen molar-refractivity contribution < 1.29 is 19.1 Å². The molecule has 2 aliphatic rings. The van der Waals surface area contributed by atoms with E-state index in [2.05, 4.69) is 6.92 Å². The lowest BCUT2D eigenvalue weighted by Gasteiger charge is -2.37. The van der Waals surface area contributed by atoms with E-state index < -0.39 is 5.60 Å². The van der Waals surface area contributed by atoms with E-state index in [0.717, 1.165) is 5.57 Å². The molecule has 1 unspecified atom stereocenters. The zero-order chi connectivity index (χ0) is 16.5. The molecule has 5 heteroatoms. The average molecular weight is 307 g/mol. The normalized spacial score (nSPS) is 24.9. The standard InChI is InChI=1S/C17H25NO4/c1-11-9-18(16(20)22-17(2,3)4)10-13-8-12(15(19)21-5)6-7-14(11)13/h6-7,11-12H,8-10H2,1-5H3/t11?,12-/m0/s1. The van der Waals surface area contributed by atoms with E-state index in [4.69, 9.17) is 9.47 Å². The lowest BCUT2D eigenvalue weighted by Crippen LogP contribution is -2.44. The summed E-state index contributed by atoms with van der Waals surface area (Å²) in [5.74, 6) is -0.245. The number of hydrogen-bond donors (Lipinski definition) is 0. The van der Waals surface area contributed by atoms with Crippen molar-refractivity contribution in [3.63, 3.8) is 0 Å². The smallest absolute Gasteiger partial charge is 0.410 e. The Hall–Kier alpha value is -1.78. The van der Waals surface area contributed by atoms with Gasteiger partial charge in [-0.05, 0) is 44.3 Å². The highest BCUT2D eigenvalue weighted by Gasteiger charge is 2.33. The van der Waals surface area contributed by atoms with Gasteiger partial charge >= 0.3 is 12.1 Å². The first-order chi connectivity index (χ1) is 10.2. The fourth-order valence-electron chi connectivity index (χ4n) is 2.96. The lowest BCUT2D eigenvalue weighted by molar-refractivity contribution is -0.143. The van der Waals surface area contributed by atoms with Crippen molar-refractivity contribution in [2.45, 2.75) is 39.7 Å². The summed E-state index contributed by atoms with van der Waals surface area (Å²) in [6, 6.07) is 0. The Morgan fingerprint density at radius 2 is 2.00 bits per heavy atom. The zero-order valence-corrected chi connectivity index (χ0v) is 14.0. The average Bonchev–Trinajstić information content (AvgIpc) is 2.43. The highest BCUT2D eigenvalue weighted by atomic mass is 16.6. The molecule has 0 aromatic heterocycles. The lowest BCUT2D eigenvalue weighted by atomic mass is 9.82. The molecule has 5 nitrogen and oxygen atoms in total. The quantitative estimate of drug-likeness (QED) is 0.699.